The molecule has 2 aromatic rings. The van der Waals surface area contributed by atoms with E-state index in [0.717, 1.165) is 0 Å². The van der Waals surface area contributed by atoms with Gasteiger partial charge in [-0.2, -0.15) is 0 Å². The van der Waals surface area contributed by atoms with E-state index in [1.165, 1.54) is 34.2 Å². The number of hydrogen-bond donors (Lipinski definition) is 0. The Morgan fingerprint density at radius 2 is 1.50 bits per heavy atom. The molecule has 0 nitrogen and oxygen atoms in total. The summed E-state index contributed by atoms with van der Waals surface area (Å²) in [5, 5.41) is 0. The lowest BCUT2D eigenvalue weighted by atomic mass is 9.82. The minimum Gasteiger partial charge on any atom is -0.0771 e. The van der Waals surface area contributed by atoms with Crippen LogP contribution in [0.2, 0.25) is 0 Å². The third-order valence-electron chi connectivity index (χ3n) is 5.26. The van der Waals surface area contributed by atoms with E-state index in [4.69, 9.17) is 0 Å². The van der Waals surface area contributed by atoms with Crippen molar-refractivity contribution in [3.05, 3.63) is 83.5 Å². The van der Waals surface area contributed by atoms with Gasteiger partial charge in [-0.1, -0.05) is 79.3 Å². The molecule has 0 spiro atoms. The Kier molecular flexibility index (Phi) is 3.26. The van der Waals surface area contributed by atoms with Crippen molar-refractivity contribution in [3.8, 4) is 11.1 Å². The number of rotatable bonds is 3. The normalized spacial score (nSPS) is 20.6. The van der Waals surface area contributed by atoms with E-state index in [1.807, 2.05) is 0 Å². The van der Waals surface area contributed by atoms with Gasteiger partial charge in [0.25, 0.3) is 0 Å². The maximum Gasteiger partial charge on any atom is 0.0104 e. The van der Waals surface area contributed by atoms with Gasteiger partial charge in [-0.05, 0) is 47.4 Å². The molecule has 0 amide bonds. The van der Waals surface area contributed by atoms with Crippen LogP contribution in [0.25, 0.3) is 11.1 Å². The molecule has 0 bridgehead atoms. The zero-order valence-corrected chi connectivity index (χ0v) is 13.3. The molecule has 22 heavy (non-hydrogen) atoms. The molecule has 2 aliphatic rings. The molecule has 2 unspecified atom stereocenters. The lowest BCUT2D eigenvalue weighted by Crippen LogP contribution is -2.10. The molecule has 2 atom stereocenters. The second-order valence-electron chi connectivity index (χ2n) is 6.79. The van der Waals surface area contributed by atoms with Crippen molar-refractivity contribution >= 4 is 0 Å². The highest BCUT2D eigenvalue weighted by Gasteiger charge is 2.30. The minimum atomic E-state index is 0.546. The molecule has 0 fully saturated rings. The highest BCUT2D eigenvalue weighted by atomic mass is 14.3. The smallest absolute Gasteiger partial charge is 0.0104 e. The third kappa shape index (κ3) is 2.14. The summed E-state index contributed by atoms with van der Waals surface area (Å²) in [5.74, 6) is 1.81. The topological polar surface area (TPSA) is 0 Å². The molecule has 0 heterocycles. The van der Waals surface area contributed by atoms with E-state index in [2.05, 4.69) is 80.6 Å². The molecule has 0 heteroatoms. The average molecular weight is 286 g/mol. The molecule has 2 aliphatic carbocycles. The first kappa shape index (κ1) is 13.6. The maximum absolute atomic E-state index is 2.41. The third-order valence-corrected chi connectivity index (χ3v) is 5.26. The van der Waals surface area contributed by atoms with Crippen LogP contribution in [0.1, 0.15) is 37.3 Å². The number of benzene rings is 2. The molecule has 0 aromatic heterocycles. The first-order chi connectivity index (χ1) is 10.7. The molecule has 4 rings (SSSR count). The Hall–Kier alpha value is -2.08. The lowest BCUT2D eigenvalue weighted by molar-refractivity contribution is 0.442. The van der Waals surface area contributed by atoms with Gasteiger partial charge in [-0.25, -0.2) is 0 Å². The van der Waals surface area contributed by atoms with E-state index < -0.39 is 0 Å². The fraction of sp³-hybridized carbons (Fsp3) is 0.273. The summed E-state index contributed by atoms with van der Waals surface area (Å²) in [7, 11) is 0. The molecular formula is C22H22. The Balaban J connectivity index is 1.68. The highest BCUT2D eigenvalue weighted by Crippen LogP contribution is 2.48. The molecule has 0 radical (unpaired) electrons. The summed E-state index contributed by atoms with van der Waals surface area (Å²) >= 11 is 0. The Morgan fingerprint density at radius 1 is 0.909 bits per heavy atom. The standard InChI is InChI=1S/C22H22/c1-15-11-12-17(13-15)16(2)14-22-20-9-5-3-7-18(20)19-8-4-6-10-21(19)22/h3-13,16-17,22H,14H2,1-2H3. The average Bonchev–Trinajstić information content (AvgIpc) is 3.11. The van der Waals surface area contributed by atoms with E-state index in [-0.39, 0.29) is 0 Å². The van der Waals surface area contributed by atoms with Crippen LogP contribution in [-0.2, 0) is 0 Å². The second kappa shape index (κ2) is 5.28. The van der Waals surface area contributed by atoms with Gasteiger partial charge in [0.2, 0.25) is 0 Å². The van der Waals surface area contributed by atoms with Crippen LogP contribution < -0.4 is 0 Å². The summed E-state index contributed by atoms with van der Waals surface area (Å²) in [5.41, 5.74) is 7.30. The number of hydrogen-bond acceptors (Lipinski definition) is 0. The second-order valence-corrected chi connectivity index (χ2v) is 6.79. The van der Waals surface area contributed by atoms with E-state index in [1.54, 1.807) is 0 Å². The first-order valence-corrected chi connectivity index (χ1v) is 8.29. The van der Waals surface area contributed by atoms with Gasteiger partial charge in [0.15, 0.2) is 0 Å². The van der Waals surface area contributed by atoms with Gasteiger partial charge >= 0.3 is 0 Å². The van der Waals surface area contributed by atoms with Crippen molar-refractivity contribution in [3.63, 3.8) is 0 Å². The molecular weight excluding hydrogens is 264 g/mol. The molecule has 2 aromatic carbocycles. The van der Waals surface area contributed by atoms with Gasteiger partial charge in [-0.15, -0.1) is 0 Å². The van der Waals surface area contributed by atoms with Gasteiger partial charge in [0, 0.05) is 5.92 Å². The van der Waals surface area contributed by atoms with E-state index in [0.29, 0.717) is 17.8 Å². The number of allylic oxidation sites excluding steroid dienone is 4. The Labute approximate surface area is 133 Å². The predicted molar refractivity (Wildman–Crippen MR) is 93.9 cm³/mol. The highest BCUT2D eigenvalue weighted by molar-refractivity contribution is 5.78. The molecule has 0 saturated heterocycles. The zero-order valence-electron chi connectivity index (χ0n) is 13.3. The van der Waals surface area contributed by atoms with Crippen LogP contribution in [0.5, 0.6) is 0 Å². The van der Waals surface area contributed by atoms with Gasteiger partial charge < -0.3 is 0 Å². The van der Waals surface area contributed by atoms with Gasteiger partial charge in [-0.3, -0.25) is 0 Å². The fourth-order valence-corrected chi connectivity index (χ4v) is 4.07. The van der Waals surface area contributed by atoms with Crippen molar-refractivity contribution < 1.29 is 0 Å². The molecule has 110 valence electrons. The molecule has 0 saturated carbocycles. The van der Waals surface area contributed by atoms with Crippen molar-refractivity contribution in [2.45, 2.75) is 26.2 Å². The van der Waals surface area contributed by atoms with Crippen molar-refractivity contribution in [1.82, 2.24) is 0 Å². The largest absolute Gasteiger partial charge is 0.0771 e. The maximum atomic E-state index is 2.41. The van der Waals surface area contributed by atoms with Crippen LogP contribution in [-0.4, -0.2) is 0 Å². The van der Waals surface area contributed by atoms with Crippen LogP contribution >= 0.6 is 0 Å². The van der Waals surface area contributed by atoms with Gasteiger partial charge in [0.1, 0.15) is 0 Å². The number of fused-ring (bicyclic) bond motifs is 3. The fourth-order valence-electron chi connectivity index (χ4n) is 4.07. The lowest BCUT2D eigenvalue weighted by Gasteiger charge is -2.22. The van der Waals surface area contributed by atoms with Crippen LogP contribution in [0.4, 0.5) is 0 Å². The van der Waals surface area contributed by atoms with Gasteiger partial charge in [0.05, 0.1) is 0 Å². The Morgan fingerprint density at radius 3 is 2.05 bits per heavy atom. The summed E-state index contributed by atoms with van der Waals surface area (Å²) in [6.07, 6.45) is 8.26. The predicted octanol–water partition coefficient (Wildman–Crippen LogP) is 5.96. The quantitative estimate of drug-likeness (QED) is 0.653. The summed E-state index contributed by atoms with van der Waals surface area (Å²) in [4.78, 5) is 0. The van der Waals surface area contributed by atoms with E-state index >= 15 is 0 Å². The Bertz CT molecular complexity index is 718. The van der Waals surface area contributed by atoms with E-state index in [9.17, 15) is 0 Å². The van der Waals surface area contributed by atoms with Crippen LogP contribution in [0, 0.1) is 11.8 Å². The monoisotopic (exact) mass is 286 g/mol. The van der Waals surface area contributed by atoms with Crippen molar-refractivity contribution in [2.24, 2.45) is 11.8 Å². The molecule has 0 N–H and O–H groups in total. The van der Waals surface area contributed by atoms with Crippen LogP contribution in [0.15, 0.2) is 72.3 Å². The zero-order chi connectivity index (χ0) is 15.1. The summed E-state index contributed by atoms with van der Waals surface area (Å²) < 4.78 is 0. The minimum absolute atomic E-state index is 0.546. The first-order valence-electron chi connectivity index (χ1n) is 8.29. The SMILES string of the molecule is CC1=CC(C(C)CC2c3ccccc3-c3ccccc32)C=C1. The van der Waals surface area contributed by atoms with Crippen molar-refractivity contribution in [1.29, 1.82) is 0 Å². The molecule has 0 aliphatic heterocycles. The summed E-state index contributed by atoms with van der Waals surface area (Å²) in [6, 6.07) is 17.9. The summed E-state index contributed by atoms with van der Waals surface area (Å²) in [6.45, 7) is 4.59. The van der Waals surface area contributed by atoms with Crippen molar-refractivity contribution in [2.75, 3.05) is 0 Å². The van der Waals surface area contributed by atoms with Crippen LogP contribution in [0.3, 0.4) is 0 Å².